The summed E-state index contributed by atoms with van der Waals surface area (Å²) in [5.74, 6) is -0.407. The summed E-state index contributed by atoms with van der Waals surface area (Å²) in [6.07, 6.45) is 1.52. The molecule has 126 valence electrons. The van der Waals surface area contributed by atoms with Crippen molar-refractivity contribution in [2.75, 3.05) is 23.8 Å². The van der Waals surface area contributed by atoms with E-state index in [1.165, 1.54) is 12.1 Å². The van der Waals surface area contributed by atoms with Gasteiger partial charge in [-0.25, -0.2) is 4.39 Å². The van der Waals surface area contributed by atoms with E-state index in [4.69, 9.17) is 16.3 Å². The van der Waals surface area contributed by atoms with E-state index in [9.17, 15) is 9.18 Å². The molecule has 2 aromatic carbocycles. The second kappa shape index (κ2) is 7.64. The fraction of sp³-hybridized carbons (Fsp3) is 0.278. The molecule has 0 aliphatic carbocycles. The minimum absolute atomic E-state index is 0.0120. The summed E-state index contributed by atoms with van der Waals surface area (Å²) in [7, 11) is 0. The van der Waals surface area contributed by atoms with E-state index in [1.54, 1.807) is 6.07 Å². The Morgan fingerprint density at radius 1 is 1.04 bits per heavy atom. The van der Waals surface area contributed by atoms with Gasteiger partial charge in [0.1, 0.15) is 5.82 Å². The highest BCUT2D eigenvalue weighted by atomic mass is 35.5. The normalized spacial score (nSPS) is 15.1. The standard InChI is InChI=1S/C18H18ClFN2O2/c19-16-11-15(5-6-17(16)20)21-13-1-3-14(4-2-13)22-18(23)12-7-9-24-10-8-12/h1-6,11-12,21H,7-10H2,(H,22,23). The van der Waals surface area contributed by atoms with Crippen LogP contribution in [0, 0.1) is 11.7 Å². The molecule has 1 heterocycles. The molecule has 1 fully saturated rings. The number of nitrogens with one attached hydrogen (secondary N) is 2. The predicted molar refractivity (Wildman–Crippen MR) is 93.3 cm³/mol. The summed E-state index contributed by atoms with van der Waals surface area (Å²) in [5, 5.41) is 6.13. The van der Waals surface area contributed by atoms with Gasteiger partial charge in [-0.15, -0.1) is 0 Å². The van der Waals surface area contributed by atoms with Crippen LogP contribution in [0.25, 0.3) is 0 Å². The summed E-state index contributed by atoms with van der Waals surface area (Å²) >= 11 is 5.76. The Bertz CT molecular complexity index is 715. The van der Waals surface area contributed by atoms with Crippen molar-refractivity contribution in [2.45, 2.75) is 12.8 Å². The number of carbonyl (C=O) groups is 1. The van der Waals surface area contributed by atoms with Gasteiger partial charge >= 0.3 is 0 Å². The molecule has 2 N–H and O–H groups in total. The molecule has 0 spiro atoms. The number of carbonyl (C=O) groups excluding carboxylic acids is 1. The first-order valence-electron chi connectivity index (χ1n) is 7.82. The maximum absolute atomic E-state index is 13.2. The third-order valence-corrected chi connectivity index (χ3v) is 4.24. The highest BCUT2D eigenvalue weighted by Gasteiger charge is 2.21. The van der Waals surface area contributed by atoms with Gasteiger partial charge in [-0.1, -0.05) is 11.6 Å². The van der Waals surface area contributed by atoms with Crippen LogP contribution in [0.5, 0.6) is 0 Å². The van der Waals surface area contributed by atoms with Crippen LogP contribution in [0.2, 0.25) is 5.02 Å². The zero-order valence-electron chi connectivity index (χ0n) is 13.0. The van der Waals surface area contributed by atoms with Crippen molar-refractivity contribution in [3.63, 3.8) is 0 Å². The summed E-state index contributed by atoms with van der Waals surface area (Å²) in [5.41, 5.74) is 2.26. The van der Waals surface area contributed by atoms with Gasteiger partial charge in [0.15, 0.2) is 0 Å². The third-order valence-electron chi connectivity index (χ3n) is 3.95. The molecule has 1 amide bonds. The Labute approximate surface area is 145 Å². The molecule has 0 saturated carbocycles. The maximum atomic E-state index is 13.2. The largest absolute Gasteiger partial charge is 0.381 e. The van der Waals surface area contributed by atoms with Gasteiger partial charge in [0, 0.05) is 36.2 Å². The lowest BCUT2D eigenvalue weighted by molar-refractivity contribution is -0.122. The molecule has 0 atom stereocenters. The van der Waals surface area contributed by atoms with E-state index in [2.05, 4.69) is 10.6 Å². The lowest BCUT2D eigenvalue weighted by Gasteiger charge is -2.21. The molecule has 6 heteroatoms. The summed E-state index contributed by atoms with van der Waals surface area (Å²) < 4.78 is 18.4. The number of hydrogen-bond acceptors (Lipinski definition) is 3. The summed E-state index contributed by atoms with van der Waals surface area (Å²) in [6, 6.07) is 11.8. The minimum Gasteiger partial charge on any atom is -0.381 e. The van der Waals surface area contributed by atoms with Gasteiger partial charge in [-0.2, -0.15) is 0 Å². The van der Waals surface area contributed by atoms with E-state index < -0.39 is 5.82 Å². The zero-order valence-corrected chi connectivity index (χ0v) is 13.8. The second-order valence-electron chi connectivity index (χ2n) is 5.71. The first-order valence-corrected chi connectivity index (χ1v) is 8.20. The molecule has 0 aromatic heterocycles. The van der Waals surface area contributed by atoms with Crippen LogP contribution in [0.3, 0.4) is 0 Å². The monoisotopic (exact) mass is 348 g/mol. The lowest BCUT2D eigenvalue weighted by Crippen LogP contribution is -2.28. The van der Waals surface area contributed by atoms with Gasteiger partial charge in [0.25, 0.3) is 0 Å². The van der Waals surface area contributed by atoms with Crippen LogP contribution in [0.15, 0.2) is 42.5 Å². The fourth-order valence-corrected chi connectivity index (χ4v) is 2.76. The Hall–Kier alpha value is -2.11. The van der Waals surface area contributed by atoms with Gasteiger partial charge in [0.05, 0.1) is 5.02 Å². The van der Waals surface area contributed by atoms with Crippen LogP contribution in [0.4, 0.5) is 21.5 Å². The first-order chi connectivity index (χ1) is 11.6. The molecule has 2 aromatic rings. The van der Waals surface area contributed by atoms with Crippen molar-refractivity contribution in [1.29, 1.82) is 0 Å². The van der Waals surface area contributed by atoms with Gasteiger partial charge in [0.2, 0.25) is 5.91 Å². The predicted octanol–water partition coefficient (Wildman–Crippen LogP) is 4.59. The Morgan fingerprint density at radius 3 is 2.33 bits per heavy atom. The molecule has 0 unspecified atom stereocenters. The third kappa shape index (κ3) is 4.24. The van der Waals surface area contributed by atoms with Crippen molar-refractivity contribution >= 4 is 34.6 Å². The van der Waals surface area contributed by atoms with Crippen LogP contribution in [-0.2, 0) is 9.53 Å². The number of rotatable bonds is 4. The topological polar surface area (TPSA) is 50.4 Å². The van der Waals surface area contributed by atoms with E-state index in [-0.39, 0.29) is 16.8 Å². The molecular weight excluding hydrogens is 331 g/mol. The van der Waals surface area contributed by atoms with Crippen molar-refractivity contribution in [2.24, 2.45) is 5.92 Å². The summed E-state index contributed by atoms with van der Waals surface area (Å²) in [4.78, 5) is 12.2. The summed E-state index contributed by atoms with van der Waals surface area (Å²) in [6.45, 7) is 1.28. The van der Waals surface area contributed by atoms with Crippen molar-refractivity contribution in [3.05, 3.63) is 53.3 Å². The van der Waals surface area contributed by atoms with E-state index in [0.29, 0.717) is 18.9 Å². The van der Waals surface area contributed by atoms with Crippen LogP contribution < -0.4 is 10.6 Å². The van der Waals surface area contributed by atoms with E-state index >= 15 is 0 Å². The fourth-order valence-electron chi connectivity index (χ4n) is 2.58. The van der Waals surface area contributed by atoms with Crippen molar-refractivity contribution in [3.8, 4) is 0 Å². The molecular formula is C18H18ClFN2O2. The van der Waals surface area contributed by atoms with E-state index in [1.807, 2.05) is 24.3 Å². The number of amides is 1. The van der Waals surface area contributed by atoms with Crippen molar-refractivity contribution in [1.82, 2.24) is 0 Å². The molecule has 0 radical (unpaired) electrons. The van der Waals surface area contributed by atoms with Crippen LogP contribution in [-0.4, -0.2) is 19.1 Å². The number of benzene rings is 2. The van der Waals surface area contributed by atoms with Gasteiger partial charge < -0.3 is 15.4 Å². The Kier molecular flexibility index (Phi) is 5.33. The smallest absolute Gasteiger partial charge is 0.227 e. The zero-order chi connectivity index (χ0) is 16.9. The van der Waals surface area contributed by atoms with Crippen LogP contribution >= 0.6 is 11.6 Å². The maximum Gasteiger partial charge on any atom is 0.227 e. The average molecular weight is 349 g/mol. The van der Waals surface area contributed by atoms with E-state index in [0.717, 1.165) is 24.2 Å². The number of ether oxygens (including phenoxy) is 1. The Balaban J connectivity index is 1.60. The molecule has 4 nitrogen and oxygen atoms in total. The lowest BCUT2D eigenvalue weighted by atomic mass is 9.99. The highest BCUT2D eigenvalue weighted by molar-refractivity contribution is 6.31. The second-order valence-corrected chi connectivity index (χ2v) is 6.11. The van der Waals surface area contributed by atoms with Crippen molar-refractivity contribution < 1.29 is 13.9 Å². The molecule has 3 rings (SSSR count). The number of halogens is 2. The number of anilines is 3. The quantitative estimate of drug-likeness (QED) is 0.849. The first kappa shape index (κ1) is 16.7. The molecule has 24 heavy (non-hydrogen) atoms. The van der Waals surface area contributed by atoms with Gasteiger partial charge in [-0.3, -0.25) is 4.79 Å². The molecule has 1 aliphatic rings. The highest BCUT2D eigenvalue weighted by Crippen LogP contribution is 2.24. The minimum atomic E-state index is -0.451. The average Bonchev–Trinajstić information content (AvgIpc) is 2.61. The van der Waals surface area contributed by atoms with Gasteiger partial charge in [-0.05, 0) is 55.3 Å². The Morgan fingerprint density at radius 2 is 1.67 bits per heavy atom. The molecule has 1 saturated heterocycles. The molecule has 1 aliphatic heterocycles. The molecule has 0 bridgehead atoms. The number of hydrogen-bond donors (Lipinski definition) is 2. The SMILES string of the molecule is O=C(Nc1ccc(Nc2ccc(F)c(Cl)c2)cc1)C1CCOCC1. The van der Waals surface area contributed by atoms with Crippen LogP contribution in [0.1, 0.15) is 12.8 Å².